The summed E-state index contributed by atoms with van der Waals surface area (Å²) in [5.41, 5.74) is 0. The van der Waals surface area contributed by atoms with Gasteiger partial charge in [-0.1, -0.05) is 0 Å². The molecule has 0 heterocycles. The first-order chi connectivity index (χ1) is 1.73. The fourth-order valence-electron chi connectivity index (χ4n) is 0. The molecular weight excluding hydrogens is 131 g/mol. The predicted octanol–water partition coefficient (Wildman–Crippen LogP) is -6.95. The molecular formula is BLiO3Zn. The van der Waals surface area contributed by atoms with Gasteiger partial charge in [0.05, 0.1) is 0 Å². The number of hydrogen-bond acceptors (Lipinski definition) is 3. The third-order valence-corrected chi connectivity index (χ3v) is 0. The zero-order valence-electron chi connectivity index (χ0n) is 3.51. The van der Waals surface area contributed by atoms with E-state index in [0.717, 1.165) is 0 Å². The largest absolute Gasteiger partial charge is 2.00 e. The molecule has 0 aliphatic carbocycles. The topological polar surface area (TPSA) is 69.2 Å². The minimum absolute atomic E-state index is 0. The van der Waals surface area contributed by atoms with Crippen LogP contribution in [0.5, 0.6) is 0 Å². The number of rotatable bonds is 0. The third-order valence-electron chi connectivity index (χ3n) is 0. The van der Waals surface area contributed by atoms with Gasteiger partial charge in [-0.05, 0) is 0 Å². The van der Waals surface area contributed by atoms with Gasteiger partial charge in [-0.15, -0.1) is 0 Å². The maximum Gasteiger partial charge on any atom is 2.00 e. The zero-order valence-corrected chi connectivity index (χ0v) is 6.48. The molecule has 24 valence electrons. The molecule has 0 radical (unpaired) electrons. The Morgan fingerprint density at radius 2 is 1.00 bits per heavy atom. The zero-order chi connectivity index (χ0) is 3.58. The molecule has 0 saturated heterocycles. The van der Waals surface area contributed by atoms with Crippen LogP contribution < -0.4 is 33.9 Å². The Morgan fingerprint density at radius 1 is 1.00 bits per heavy atom. The molecule has 0 aliphatic rings. The molecule has 0 aromatic rings. The van der Waals surface area contributed by atoms with E-state index in [-0.39, 0.29) is 38.3 Å². The van der Waals surface area contributed by atoms with E-state index in [4.69, 9.17) is 15.1 Å². The Labute approximate surface area is 60.9 Å². The molecule has 0 amide bonds. The SMILES string of the molecule is [Li+].[O-]B([O-])[O-].[Zn+2]. The van der Waals surface area contributed by atoms with Crippen LogP contribution in [-0.2, 0) is 19.5 Å². The second-order valence-electron chi connectivity index (χ2n) is 0.289. The fourth-order valence-corrected chi connectivity index (χ4v) is 0. The molecule has 3 nitrogen and oxygen atoms in total. The van der Waals surface area contributed by atoms with Crippen molar-refractivity contribution in [2.45, 2.75) is 0 Å². The summed E-state index contributed by atoms with van der Waals surface area (Å²) in [6.45, 7) is 0. The molecule has 0 saturated carbocycles. The first kappa shape index (κ1) is 15.7. The molecule has 6 heteroatoms. The summed E-state index contributed by atoms with van der Waals surface area (Å²) in [7, 11) is -2.92. The van der Waals surface area contributed by atoms with Crippen LogP contribution in [0.4, 0.5) is 0 Å². The minimum Gasteiger partial charge on any atom is -0.907 e. The molecule has 0 fully saturated rings. The van der Waals surface area contributed by atoms with Gasteiger partial charge in [0.25, 0.3) is 0 Å². The fraction of sp³-hybridized carbons (Fsp3) is 0. The van der Waals surface area contributed by atoms with Crippen molar-refractivity contribution in [2.75, 3.05) is 0 Å². The maximum atomic E-state index is 8.42. The first-order valence-electron chi connectivity index (χ1n) is 0.707. The van der Waals surface area contributed by atoms with E-state index in [1.54, 1.807) is 0 Å². The van der Waals surface area contributed by atoms with Gasteiger partial charge in [0.1, 0.15) is 0 Å². The first-order valence-corrected chi connectivity index (χ1v) is 0.707. The van der Waals surface area contributed by atoms with Gasteiger partial charge in [0, 0.05) is 0 Å². The summed E-state index contributed by atoms with van der Waals surface area (Å²) in [5, 5.41) is 25.2. The summed E-state index contributed by atoms with van der Waals surface area (Å²) in [6, 6.07) is 0. The minimum atomic E-state index is -2.92. The summed E-state index contributed by atoms with van der Waals surface area (Å²) in [5.74, 6) is 0. The van der Waals surface area contributed by atoms with Crippen molar-refractivity contribution in [3.63, 3.8) is 0 Å². The van der Waals surface area contributed by atoms with E-state index in [0.29, 0.717) is 0 Å². The van der Waals surface area contributed by atoms with Crippen molar-refractivity contribution in [3.8, 4) is 0 Å². The Hall–Kier alpha value is 1.17. The molecule has 0 unspecified atom stereocenters. The van der Waals surface area contributed by atoms with Crippen LogP contribution in [0.3, 0.4) is 0 Å². The summed E-state index contributed by atoms with van der Waals surface area (Å²) in [6.07, 6.45) is 0. The van der Waals surface area contributed by atoms with E-state index < -0.39 is 7.32 Å². The monoisotopic (exact) mass is 130 g/mol. The van der Waals surface area contributed by atoms with E-state index in [1.807, 2.05) is 0 Å². The van der Waals surface area contributed by atoms with E-state index in [2.05, 4.69) is 0 Å². The second kappa shape index (κ2) is 9.48. The average molecular weight is 131 g/mol. The summed E-state index contributed by atoms with van der Waals surface area (Å²) < 4.78 is 0. The third kappa shape index (κ3) is 66.0. The van der Waals surface area contributed by atoms with Crippen LogP contribution in [-0.4, -0.2) is 7.32 Å². The van der Waals surface area contributed by atoms with Gasteiger partial charge in [-0.3, -0.25) is 7.32 Å². The Bertz CT molecular complexity index is 15.5. The molecule has 0 atom stereocenters. The van der Waals surface area contributed by atoms with Gasteiger partial charge < -0.3 is 15.1 Å². The summed E-state index contributed by atoms with van der Waals surface area (Å²) in [4.78, 5) is 0. The molecule has 0 aliphatic heterocycles. The second-order valence-corrected chi connectivity index (χ2v) is 0.289. The smallest absolute Gasteiger partial charge is 0.907 e. The van der Waals surface area contributed by atoms with Gasteiger partial charge in [-0.2, -0.15) is 0 Å². The Morgan fingerprint density at radius 3 is 1.00 bits per heavy atom. The van der Waals surface area contributed by atoms with Crippen LogP contribution in [0, 0.1) is 0 Å². The van der Waals surface area contributed by atoms with Crippen LogP contribution in [0.15, 0.2) is 0 Å². The predicted molar refractivity (Wildman–Crippen MR) is 5.75 cm³/mol. The van der Waals surface area contributed by atoms with Crippen LogP contribution in [0.1, 0.15) is 0 Å². The van der Waals surface area contributed by atoms with Crippen LogP contribution >= 0.6 is 0 Å². The van der Waals surface area contributed by atoms with Crippen molar-refractivity contribution in [1.29, 1.82) is 0 Å². The number of hydrogen-bond donors (Lipinski definition) is 0. The van der Waals surface area contributed by atoms with Crippen molar-refractivity contribution in [1.82, 2.24) is 0 Å². The summed E-state index contributed by atoms with van der Waals surface area (Å²) >= 11 is 0. The molecule has 0 aromatic carbocycles. The van der Waals surface area contributed by atoms with Crippen molar-refractivity contribution in [3.05, 3.63) is 0 Å². The van der Waals surface area contributed by atoms with Crippen LogP contribution in [0.25, 0.3) is 0 Å². The molecule has 0 spiro atoms. The van der Waals surface area contributed by atoms with E-state index in [1.165, 1.54) is 0 Å². The van der Waals surface area contributed by atoms with Crippen molar-refractivity contribution >= 4 is 7.32 Å². The van der Waals surface area contributed by atoms with Crippen molar-refractivity contribution < 1.29 is 53.4 Å². The maximum absolute atomic E-state index is 8.42. The van der Waals surface area contributed by atoms with E-state index >= 15 is 0 Å². The van der Waals surface area contributed by atoms with E-state index in [9.17, 15) is 0 Å². The standard InChI is InChI=1S/BO3.Li.Zn/c2-1(3)4;;/q-3;+1;+2. The Balaban J connectivity index is -0.0000000450. The van der Waals surface area contributed by atoms with Gasteiger partial charge in [0.2, 0.25) is 0 Å². The van der Waals surface area contributed by atoms with Gasteiger partial charge >= 0.3 is 38.3 Å². The van der Waals surface area contributed by atoms with Gasteiger partial charge in [0.15, 0.2) is 0 Å². The van der Waals surface area contributed by atoms with Crippen molar-refractivity contribution in [2.24, 2.45) is 0 Å². The molecule has 0 aromatic heterocycles. The average Bonchev–Trinajstić information content (AvgIpc) is 0.811. The quantitative estimate of drug-likeness (QED) is 0.307. The molecule has 0 rings (SSSR count). The molecule has 6 heavy (non-hydrogen) atoms. The van der Waals surface area contributed by atoms with Gasteiger partial charge in [-0.25, -0.2) is 0 Å². The Kier molecular flexibility index (Phi) is 24.8. The molecule has 0 bridgehead atoms. The normalized spacial score (nSPS) is 4.50. The van der Waals surface area contributed by atoms with Crippen LogP contribution in [0.2, 0.25) is 0 Å². The molecule has 0 N–H and O–H groups in total.